The summed E-state index contributed by atoms with van der Waals surface area (Å²) in [5.41, 5.74) is 3.42. The second-order valence-electron chi connectivity index (χ2n) is 6.61. The second kappa shape index (κ2) is 9.41. The number of benzene rings is 3. The van der Waals surface area contributed by atoms with Crippen LogP contribution in [0.4, 0.5) is 4.39 Å². The summed E-state index contributed by atoms with van der Waals surface area (Å²) in [4.78, 5) is 6.55. The van der Waals surface area contributed by atoms with Crippen molar-refractivity contribution in [3.8, 4) is 11.3 Å². The molecule has 0 saturated heterocycles. The van der Waals surface area contributed by atoms with Gasteiger partial charge in [0.2, 0.25) is 0 Å². The molecule has 0 amide bonds. The molecule has 1 heterocycles. The SMILES string of the molecule is Cn1nc(-c2ccccc2)c(C=NOCc2cccc(F)c2)c1Sc1ccccc1. The van der Waals surface area contributed by atoms with E-state index in [-0.39, 0.29) is 12.4 Å². The molecule has 4 rings (SSSR count). The zero-order valence-electron chi connectivity index (χ0n) is 16.4. The molecule has 4 aromatic rings. The van der Waals surface area contributed by atoms with Gasteiger partial charge in [0.15, 0.2) is 0 Å². The Bertz CT molecular complexity index is 1140. The normalized spacial score (nSPS) is 11.1. The standard InChI is InChI=1S/C24H20FN3OS/c1-28-24(30-21-13-6-3-7-14-21)22(23(27-28)19-10-4-2-5-11-19)16-26-29-17-18-9-8-12-20(25)15-18/h2-16H,17H2,1H3. The zero-order chi connectivity index (χ0) is 20.8. The van der Waals surface area contributed by atoms with E-state index in [1.54, 1.807) is 30.1 Å². The van der Waals surface area contributed by atoms with Crippen LogP contribution in [0.25, 0.3) is 11.3 Å². The number of hydrogen-bond donors (Lipinski definition) is 0. The molecular formula is C24H20FN3OS. The van der Waals surface area contributed by atoms with E-state index >= 15 is 0 Å². The molecule has 3 aromatic carbocycles. The Morgan fingerprint density at radius 1 is 1.00 bits per heavy atom. The highest BCUT2D eigenvalue weighted by Crippen LogP contribution is 2.34. The molecular weight excluding hydrogens is 397 g/mol. The van der Waals surface area contributed by atoms with Gasteiger partial charge < -0.3 is 4.84 Å². The smallest absolute Gasteiger partial charge is 0.142 e. The van der Waals surface area contributed by atoms with E-state index in [1.165, 1.54) is 12.1 Å². The number of aryl methyl sites for hydroxylation is 1. The molecule has 0 unspecified atom stereocenters. The highest BCUT2D eigenvalue weighted by molar-refractivity contribution is 7.99. The molecule has 0 aliphatic heterocycles. The Labute approximate surface area is 179 Å². The maximum absolute atomic E-state index is 13.3. The van der Waals surface area contributed by atoms with Crippen LogP contribution in [0.1, 0.15) is 11.1 Å². The molecule has 0 atom stereocenters. The Kier molecular flexibility index (Phi) is 6.25. The maximum atomic E-state index is 13.3. The lowest BCUT2D eigenvalue weighted by Gasteiger charge is -2.04. The lowest BCUT2D eigenvalue weighted by atomic mass is 10.1. The summed E-state index contributed by atoms with van der Waals surface area (Å²) in [6.45, 7) is 0.191. The van der Waals surface area contributed by atoms with Crippen molar-refractivity contribution < 1.29 is 9.23 Å². The molecule has 0 bridgehead atoms. The Hall–Kier alpha value is -3.38. The van der Waals surface area contributed by atoms with Gasteiger partial charge in [-0.3, -0.25) is 4.68 Å². The van der Waals surface area contributed by atoms with E-state index < -0.39 is 0 Å². The van der Waals surface area contributed by atoms with Crippen molar-refractivity contribution in [3.63, 3.8) is 0 Å². The Morgan fingerprint density at radius 2 is 1.73 bits per heavy atom. The van der Waals surface area contributed by atoms with Gasteiger partial charge >= 0.3 is 0 Å². The number of nitrogens with zero attached hydrogens (tertiary/aromatic N) is 3. The first-order valence-electron chi connectivity index (χ1n) is 9.46. The molecule has 6 heteroatoms. The highest BCUT2D eigenvalue weighted by atomic mass is 32.2. The summed E-state index contributed by atoms with van der Waals surface area (Å²) in [5, 5.41) is 9.84. The van der Waals surface area contributed by atoms with Gasteiger partial charge in [0.05, 0.1) is 11.8 Å². The fraction of sp³-hybridized carbons (Fsp3) is 0.0833. The third-order valence-electron chi connectivity index (χ3n) is 4.41. The minimum atomic E-state index is -0.291. The summed E-state index contributed by atoms with van der Waals surface area (Å²) in [6, 6.07) is 26.4. The van der Waals surface area contributed by atoms with Crippen molar-refractivity contribution in [2.75, 3.05) is 0 Å². The molecule has 0 saturated carbocycles. The van der Waals surface area contributed by atoms with Gasteiger partial charge in [-0.1, -0.05) is 77.6 Å². The van der Waals surface area contributed by atoms with Gasteiger partial charge in [-0.2, -0.15) is 5.10 Å². The molecule has 0 aliphatic rings. The third-order valence-corrected chi connectivity index (χ3v) is 5.60. The minimum Gasteiger partial charge on any atom is -0.391 e. The van der Waals surface area contributed by atoms with E-state index in [4.69, 9.17) is 9.94 Å². The largest absolute Gasteiger partial charge is 0.391 e. The number of rotatable bonds is 7. The molecule has 0 radical (unpaired) electrons. The van der Waals surface area contributed by atoms with Crippen LogP contribution < -0.4 is 0 Å². The van der Waals surface area contributed by atoms with Crippen LogP contribution in [0.2, 0.25) is 0 Å². The summed E-state index contributed by atoms with van der Waals surface area (Å²) in [5.74, 6) is -0.291. The highest BCUT2D eigenvalue weighted by Gasteiger charge is 2.17. The van der Waals surface area contributed by atoms with Gasteiger partial charge in [0.25, 0.3) is 0 Å². The molecule has 0 fully saturated rings. The number of hydrogen-bond acceptors (Lipinski definition) is 4. The quantitative estimate of drug-likeness (QED) is 0.276. The van der Waals surface area contributed by atoms with Crippen molar-refractivity contribution in [1.29, 1.82) is 0 Å². The van der Waals surface area contributed by atoms with E-state index in [0.29, 0.717) is 0 Å². The van der Waals surface area contributed by atoms with Crippen LogP contribution >= 0.6 is 11.8 Å². The van der Waals surface area contributed by atoms with Crippen molar-refractivity contribution in [3.05, 3.63) is 102 Å². The first-order chi connectivity index (χ1) is 14.7. The van der Waals surface area contributed by atoms with E-state index in [9.17, 15) is 4.39 Å². The Balaban J connectivity index is 1.63. The molecule has 1 aromatic heterocycles. The van der Waals surface area contributed by atoms with Crippen molar-refractivity contribution in [1.82, 2.24) is 9.78 Å². The number of oxime groups is 1. The molecule has 0 aliphatic carbocycles. The lowest BCUT2D eigenvalue weighted by Crippen LogP contribution is -1.94. The van der Waals surface area contributed by atoms with Crippen LogP contribution in [0.5, 0.6) is 0 Å². The molecule has 0 spiro atoms. The number of halogens is 1. The van der Waals surface area contributed by atoms with Crippen molar-refractivity contribution in [2.24, 2.45) is 12.2 Å². The van der Waals surface area contributed by atoms with Crippen molar-refractivity contribution in [2.45, 2.75) is 16.5 Å². The second-order valence-corrected chi connectivity index (χ2v) is 7.67. The average Bonchev–Trinajstić information content (AvgIpc) is 3.08. The predicted octanol–water partition coefficient (Wildman–Crippen LogP) is 5.93. The monoisotopic (exact) mass is 417 g/mol. The predicted molar refractivity (Wildman–Crippen MR) is 118 cm³/mol. The van der Waals surface area contributed by atoms with Gasteiger partial charge in [-0.15, -0.1) is 0 Å². The fourth-order valence-corrected chi connectivity index (χ4v) is 3.95. The molecule has 150 valence electrons. The number of aromatic nitrogens is 2. The van der Waals surface area contributed by atoms with Crippen LogP contribution in [-0.4, -0.2) is 16.0 Å². The van der Waals surface area contributed by atoms with Crippen molar-refractivity contribution >= 4 is 18.0 Å². The molecule has 4 nitrogen and oxygen atoms in total. The summed E-state index contributed by atoms with van der Waals surface area (Å²) in [7, 11) is 1.92. The molecule has 30 heavy (non-hydrogen) atoms. The first-order valence-corrected chi connectivity index (χ1v) is 10.3. The third kappa shape index (κ3) is 4.78. The minimum absolute atomic E-state index is 0.191. The fourth-order valence-electron chi connectivity index (χ4n) is 3.00. The van der Waals surface area contributed by atoms with Gasteiger partial charge in [-0.25, -0.2) is 4.39 Å². The van der Waals surface area contributed by atoms with E-state index in [1.807, 2.05) is 60.3 Å². The molecule has 0 N–H and O–H groups in total. The zero-order valence-corrected chi connectivity index (χ0v) is 17.2. The van der Waals surface area contributed by atoms with E-state index in [0.717, 1.165) is 32.3 Å². The average molecular weight is 418 g/mol. The summed E-state index contributed by atoms with van der Waals surface area (Å²) < 4.78 is 15.2. The van der Waals surface area contributed by atoms with Gasteiger partial charge in [0.1, 0.15) is 23.1 Å². The lowest BCUT2D eigenvalue weighted by molar-refractivity contribution is 0.132. The van der Waals surface area contributed by atoms with E-state index in [2.05, 4.69) is 17.3 Å². The van der Waals surface area contributed by atoms with Crippen LogP contribution in [0.15, 0.2) is 100 Å². The summed E-state index contributed by atoms with van der Waals surface area (Å²) in [6.07, 6.45) is 1.68. The van der Waals surface area contributed by atoms with Crippen LogP contribution in [0.3, 0.4) is 0 Å². The van der Waals surface area contributed by atoms with Gasteiger partial charge in [0, 0.05) is 17.5 Å². The van der Waals surface area contributed by atoms with Crippen LogP contribution in [0, 0.1) is 5.82 Å². The Morgan fingerprint density at radius 3 is 2.47 bits per heavy atom. The first kappa shape index (κ1) is 19.9. The summed E-state index contributed by atoms with van der Waals surface area (Å²) >= 11 is 1.62. The van der Waals surface area contributed by atoms with Gasteiger partial charge in [-0.05, 0) is 29.8 Å². The van der Waals surface area contributed by atoms with Crippen LogP contribution in [-0.2, 0) is 18.5 Å². The topological polar surface area (TPSA) is 39.4 Å². The maximum Gasteiger partial charge on any atom is 0.142 e.